The molecule has 0 bridgehead atoms. The van der Waals surface area contributed by atoms with Crippen molar-refractivity contribution in [2.45, 2.75) is 37.5 Å². The summed E-state index contributed by atoms with van der Waals surface area (Å²) in [6.07, 6.45) is 0.697. The van der Waals surface area contributed by atoms with Crippen LogP contribution in [0.25, 0.3) is 0 Å². The van der Waals surface area contributed by atoms with E-state index in [0.717, 1.165) is 17.7 Å². The summed E-state index contributed by atoms with van der Waals surface area (Å²) in [6, 6.07) is 13.1. The van der Waals surface area contributed by atoms with Crippen LogP contribution in [0.15, 0.2) is 58.4 Å². The third kappa shape index (κ3) is 8.19. The molecular formula is C21H30FIN4O2S. The zero-order chi connectivity index (χ0) is 21.5. The molecule has 0 aliphatic heterocycles. The first kappa shape index (κ1) is 26.3. The number of sulfonamides is 1. The summed E-state index contributed by atoms with van der Waals surface area (Å²) in [5.74, 6) is 0.427. The lowest BCUT2D eigenvalue weighted by Gasteiger charge is -2.24. The Morgan fingerprint density at radius 2 is 1.80 bits per heavy atom. The Bertz CT molecular complexity index is 948. The number of hydrogen-bond donors (Lipinski definition) is 3. The molecule has 0 unspecified atom stereocenters. The molecule has 6 nitrogen and oxygen atoms in total. The van der Waals surface area contributed by atoms with E-state index in [4.69, 9.17) is 5.14 Å². The number of halogens is 2. The molecule has 0 atom stereocenters. The first-order chi connectivity index (χ1) is 13.6. The minimum absolute atomic E-state index is 0. The third-order valence-electron chi connectivity index (χ3n) is 4.54. The second kappa shape index (κ2) is 11.6. The maximum absolute atomic E-state index is 13.5. The molecule has 0 aliphatic rings. The zero-order valence-corrected chi connectivity index (χ0v) is 20.6. The van der Waals surface area contributed by atoms with Gasteiger partial charge in [0.25, 0.3) is 0 Å². The summed E-state index contributed by atoms with van der Waals surface area (Å²) in [6.45, 7) is 7.88. The Morgan fingerprint density at radius 3 is 2.37 bits per heavy atom. The quantitative estimate of drug-likeness (QED) is 0.268. The molecule has 0 heterocycles. The molecule has 0 saturated carbocycles. The van der Waals surface area contributed by atoms with Gasteiger partial charge in [-0.25, -0.2) is 17.9 Å². The number of guanidine groups is 1. The lowest BCUT2D eigenvalue weighted by Crippen LogP contribution is -2.39. The van der Waals surface area contributed by atoms with E-state index in [9.17, 15) is 12.8 Å². The van der Waals surface area contributed by atoms with Gasteiger partial charge in [0.15, 0.2) is 5.96 Å². The Labute approximate surface area is 195 Å². The van der Waals surface area contributed by atoms with Gasteiger partial charge in [0.2, 0.25) is 10.0 Å². The zero-order valence-electron chi connectivity index (χ0n) is 17.5. The summed E-state index contributed by atoms with van der Waals surface area (Å²) in [5, 5.41) is 11.6. The largest absolute Gasteiger partial charge is 0.357 e. The predicted octanol–water partition coefficient (Wildman–Crippen LogP) is 3.17. The van der Waals surface area contributed by atoms with E-state index in [-0.39, 0.29) is 40.1 Å². The van der Waals surface area contributed by atoms with Gasteiger partial charge in [-0.2, -0.15) is 0 Å². The van der Waals surface area contributed by atoms with Gasteiger partial charge < -0.3 is 10.6 Å². The SMILES string of the molecule is CCNC(=NCC(C)(C)c1cccc(F)c1)NCCc1ccc(S(N)(=O)=O)cc1.I. The predicted molar refractivity (Wildman–Crippen MR) is 130 cm³/mol. The van der Waals surface area contributed by atoms with Gasteiger partial charge in [-0.15, -0.1) is 24.0 Å². The fourth-order valence-electron chi connectivity index (χ4n) is 2.79. The molecule has 166 valence electrons. The van der Waals surface area contributed by atoms with Gasteiger partial charge in [0, 0.05) is 18.5 Å². The van der Waals surface area contributed by atoms with Crippen LogP contribution in [0.1, 0.15) is 31.9 Å². The lowest BCUT2D eigenvalue weighted by molar-refractivity contribution is 0.529. The van der Waals surface area contributed by atoms with E-state index >= 15 is 0 Å². The van der Waals surface area contributed by atoms with Gasteiger partial charge in [-0.3, -0.25) is 4.99 Å². The minimum atomic E-state index is -3.68. The molecule has 0 saturated heterocycles. The highest BCUT2D eigenvalue weighted by Crippen LogP contribution is 2.24. The van der Waals surface area contributed by atoms with Crippen molar-refractivity contribution in [2.75, 3.05) is 19.6 Å². The molecule has 0 aliphatic carbocycles. The number of primary sulfonamides is 1. The Kier molecular flexibility index (Phi) is 10.2. The Balaban J connectivity index is 0.00000450. The Hall–Kier alpha value is -1.72. The molecule has 9 heteroatoms. The van der Waals surface area contributed by atoms with Crippen LogP contribution in [0.3, 0.4) is 0 Å². The Morgan fingerprint density at radius 1 is 1.13 bits per heavy atom. The van der Waals surface area contributed by atoms with E-state index in [1.54, 1.807) is 24.3 Å². The fourth-order valence-corrected chi connectivity index (χ4v) is 3.31. The molecule has 2 rings (SSSR count). The standard InChI is InChI=1S/C21H29FN4O2S.HI/c1-4-24-20(26-15-21(2,3)17-6-5-7-18(22)14-17)25-13-12-16-8-10-19(11-9-16)29(23,27)28;/h5-11,14H,4,12-13,15H2,1-3H3,(H2,23,27,28)(H2,24,25,26);1H. The highest BCUT2D eigenvalue weighted by Gasteiger charge is 2.21. The van der Waals surface area contributed by atoms with Crippen molar-refractivity contribution in [3.05, 3.63) is 65.5 Å². The van der Waals surface area contributed by atoms with Gasteiger partial charge in [0.1, 0.15) is 5.82 Å². The molecule has 0 spiro atoms. The smallest absolute Gasteiger partial charge is 0.238 e. The number of nitrogens with two attached hydrogens (primary N) is 1. The molecule has 2 aromatic carbocycles. The van der Waals surface area contributed by atoms with Crippen LogP contribution < -0.4 is 15.8 Å². The molecular weight excluding hydrogens is 518 g/mol. The number of nitrogens with zero attached hydrogens (tertiary/aromatic N) is 1. The summed E-state index contributed by atoms with van der Waals surface area (Å²) < 4.78 is 36.2. The monoisotopic (exact) mass is 548 g/mol. The topological polar surface area (TPSA) is 96.6 Å². The molecule has 30 heavy (non-hydrogen) atoms. The molecule has 0 radical (unpaired) electrons. The van der Waals surface area contributed by atoms with Crippen LogP contribution in [0, 0.1) is 5.82 Å². The lowest BCUT2D eigenvalue weighted by atomic mass is 9.85. The van der Waals surface area contributed by atoms with Crippen LogP contribution in [-0.4, -0.2) is 34.0 Å². The minimum Gasteiger partial charge on any atom is -0.357 e. The molecule has 2 aromatic rings. The number of hydrogen-bond acceptors (Lipinski definition) is 3. The van der Waals surface area contributed by atoms with Crippen molar-refractivity contribution in [3.63, 3.8) is 0 Å². The van der Waals surface area contributed by atoms with Crippen LogP contribution in [0.5, 0.6) is 0 Å². The van der Waals surface area contributed by atoms with Crippen molar-refractivity contribution >= 4 is 40.0 Å². The van der Waals surface area contributed by atoms with Crippen molar-refractivity contribution in [2.24, 2.45) is 10.1 Å². The van der Waals surface area contributed by atoms with E-state index in [0.29, 0.717) is 25.5 Å². The first-order valence-electron chi connectivity index (χ1n) is 9.52. The van der Waals surface area contributed by atoms with Crippen LogP contribution in [0.4, 0.5) is 4.39 Å². The summed E-state index contributed by atoms with van der Waals surface area (Å²) in [4.78, 5) is 4.75. The van der Waals surface area contributed by atoms with Crippen molar-refractivity contribution < 1.29 is 12.8 Å². The maximum Gasteiger partial charge on any atom is 0.238 e. The van der Waals surface area contributed by atoms with Gasteiger partial charge in [-0.05, 0) is 48.7 Å². The fraction of sp³-hybridized carbons (Fsp3) is 0.381. The highest BCUT2D eigenvalue weighted by atomic mass is 127. The summed E-state index contributed by atoms with van der Waals surface area (Å²) in [7, 11) is -3.68. The van der Waals surface area contributed by atoms with Gasteiger partial charge in [-0.1, -0.05) is 38.1 Å². The average Bonchev–Trinajstić information content (AvgIpc) is 2.66. The average molecular weight is 548 g/mol. The molecule has 0 aromatic heterocycles. The van der Waals surface area contributed by atoms with E-state index in [1.807, 2.05) is 26.8 Å². The van der Waals surface area contributed by atoms with Gasteiger partial charge in [0.05, 0.1) is 11.4 Å². The molecule has 0 fully saturated rings. The van der Waals surface area contributed by atoms with E-state index in [1.165, 1.54) is 18.2 Å². The highest BCUT2D eigenvalue weighted by molar-refractivity contribution is 14.0. The number of aliphatic imine (C=N–C) groups is 1. The summed E-state index contributed by atoms with van der Waals surface area (Å²) in [5.41, 5.74) is 1.57. The van der Waals surface area contributed by atoms with Crippen LogP contribution in [-0.2, 0) is 21.9 Å². The molecule has 4 N–H and O–H groups in total. The molecule has 0 amide bonds. The first-order valence-corrected chi connectivity index (χ1v) is 11.1. The van der Waals surface area contributed by atoms with Gasteiger partial charge >= 0.3 is 0 Å². The van der Waals surface area contributed by atoms with Crippen LogP contribution in [0.2, 0.25) is 0 Å². The number of nitrogens with one attached hydrogen (secondary N) is 2. The number of rotatable bonds is 8. The number of benzene rings is 2. The van der Waals surface area contributed by atoms with Crippen molar-refractivity contribution in [3.8, 4) is 0 Å². The van der Waals surface area contributed by atoms with Crippen molar-refractivity contribution in [1.82, 2.24) is 10.6 Å². The normalized spacial score (nSPS) is 12.2. The second-order valence-electron chi connectivity index (χ2n) is 7.46. The third-order valence-corrected chi connectivity index (χ3v) is 5.47. The van der Waals surface area contributed by atoms with Crippen LogP contribution >= 0.6 is 24.0 Å². The van der Waals surface area contributed by atoms with Crippen molar-refractivity contribution in [1.29, 1.82) is 0 Å². The van der Waals surface area contributed by atoms with E-state index < -0.39 is 10.0 Å². The second-order valence-corrected chi connectivity index (χ2v) is 9.02. The maximum atomic E-state index is 13.5. The van der Waals surface area contributed by atoms with E-state index in [2.05, 4.69) is 15.6 Å². The summed E-state index contributed by atoms with van der Waals surface area (Å²) >= 11 is 0.